The molecule has 0 bridgehead atoms. The maximum atomic E-state index is 12.6. The number of thioether (sulfide) groups is 1. The van der Waals surface area contributed by atoms with Crippen molar-refractivity contribution in [3.05, 3.63) is 54.6 Å². The minimum absolute atomic E-state index is 0.0841. The van der Waals surface area contributed by atoms with Crippen molar-refractivity contribution in [3.63, 3.8) is 0 Å². The molecule has 1 aliphatic heterocycles. The van der Waals surface area contributed by atoms with Crippen molar-refractivity contribution in [2.45, 2.75) is 5.16 Å². The molecule has 1 amide bonds. The lowest BCUT2D eigenvalue weighted by Crippen LogP contribution is -2.44. The molecule has 150 valence electrons. The quantitative estimate of drug-likeness (QED) is 0.625. The molecule has 9 heteroatoms. The molecule has 29 heavy (non-hydrogen) atoms. The van der Waals surface area contributed by atoms with Crippen LogP contribution in [0.25, 0.3) is 5.69 Å². The highest BCUT2D eigenvalue weighted by Crippen LogP contribution is 2.27. The number of hydrogen-bond acceptors (Lipinski definition) is 7. The predicted octanol–water partition coefficient (Wildman–Crippen LogP) is 2.14. The van der Waals surface area contributed by atoms with E-state index in [-0.39, 0.29) is 11.7 Å². The minimum Gasteiger partial charge on any atom is -0.367 e. The molecule has 0 aliphatic carbocycles. The number of benzene rings is 2. The lowest BCUT2D eigenvalue weighted by molar-refractivity contribution is -0.113. The second-order valence-corrected chi connectivity index (χ2v) is 7.80. The first-order valence-electron chi connectivity index (χ1n) is 9.50. The first kappa shape index (κ1) is 19.4. The summed E-state index contributed by atoms with van der Waals surface area (Å²) in [5.74, 6) is 0.142. The molecule has 1 saturated heterocycles. The fourth-order valence-corrected chi connectivity index (χ4v) is 3.91. The maximum absolute atomic E-state index is 12.6. The normalized spacial score (nSPS) is 14.7. The number of tetrazole rings is 1. The van der Waals surface area contributed by atoms with Crippen molar-refractivity contribution >= 4 is 29.0 Å². The van der Waals surface area contributed by atoms with Crippen LogP contribution in [0.15, 0.2) is 59.8 Å². The van der Waals surface area contributed by atoms with Gasteiger partial charge in [-0.15, -0.1) is 5.10 Å². The van der Waals surface area contributed by atoms with Crippen molar-refractivity contribution in [3.8, 4) is 5.69 Å². The van der Waals surface area contributed by atoms with E-state index >= 15 is 0 Å². The average Bonchev–Trinajstić information content (AvgIpc) is 3.23. The summed E-state index contributed by atoms with van der Waals surface area (Å²) in [5, 5.41) is 15.4. The van der Waals surface area contributed by atoms with Crippen molar-refractivity contribution in [2.75, 3.05) is 49.2 Å². The Morgan fingerprint density at radius 3 is 2.55 bits per heavy atom. The first-order chi connectivity index (χ1) is 14.2. The van der Waals surface area contributed by atoms with Crippen molar-refractivity contribution in [1.29, 1.82) is 0 Å². The fraction of sp³-hybridized carbons (Fsp3) is 0.300. The average molecular weight is 410 g/mol. The van der Waals surface area contributed by atoms with Crippen LogP contribution in [-0.2, 0) is 4.79 Å². The molecule has 2 aromatic carbocycles. The maximum Gasteiger partial charge on any atom is 0.234 e. The summed E-state index contributed by atoms with van der Waals surface area (Å²) < 4.78 is 1.64. The fourth-order valence-electron chi connectivity index (χ4n) is 3.22. The summed E-state index contributed by atoms with van der Waals surface area (Å²) in [7, 11) is 2.13. The Bertz CT molecular complexity index is 954. The standard InChI is InChI=1S/C20H23N7OS/c1-25-11-13-26(14-12-25)18-10-6-5-9-17(18)21-19(28)15-29-20-22-23-24-27(20)16-7-3-2-4-8-16/h2-10H,11-15H2,1H3,(H,21,28). The minimum atomic E-state index is -0.0841. The summed E-state index contributed by atoms with van der Waals surface area (Å²) in [6.45, 7) is 3.93. The largest absolute Gasteiger partial charge is 0.367 e. The Morgan fingerprint density at radius 1 is 1.03 bits per heavy atom. The number of rotatable bonds is 6. The summed E-state index contributed by atoms with van der Waals surface area (Å²) in [4.78, 5) is 17.2. The van der Waals surface area contributed by atoms with Gasteiger partial charge in [-0.3, -0.25) is 4.79 Å². The van der Waals surface area contributed by atoms with Crippen LogP contribution in [0.3, 0.4) is 0 Å². The van der Waals surface area contributed by atoms with Crippen LogP contribution < -0.4 is 10.2 Å². The van der Waals surface area contributed by atoms with E-state index < -0.39 is 0 Å². The number of carbonyl (C=O) groups is 1. The van der Waals surface area contributed by atoms with Gasteiger partial charge in [-0.1, -0.05) is 42.1 Å². The Hall–Kier alpha value is -2.91. The van der Waals surface area contributed by atoms with E-state index in [1.165, 1.54) is 11.8 Å². The first-order valence-corrected chi connectivity index (χ1v) is 10.5. The molecule has 1 fully saturated rings. The number of para-hydroxylation sites is 3. The summed E-state index contributed by atoms with van der Waals surface area (Å²) >= 11 is 1.31. The van der Waals surface area contributed by atoms with Gasteiger partial charge in [-0.05, 0) is 41.7 Å². The van der Waals surface area contributed by atoms with Crippen molar-refractivity contribution < 1.29 is 4.79 Å². The van der Waals surface area contributed by atoms with Crippen molar-refractivity contribution in [1.82, 2.24) is 25.1 Å². The van der Waals surface area contributed by atoms with Gasteiger partial charge < -0.3 is 15.1 Å². The van der Waals surface area contributed by atoms with Crippen LogP contribution in [-0.4, -0.2) is 70.0 Å². The van der Waals surface area contributed by atoms with Gasteiger partial charge in [-0.2, -0.15) is 4.68 Å². The number of anilines is 2. The van der Waals surface area contributed by atoms with Gasteiger partial charge >= 0.3 is 0 Å². The highest BCUT2D eigenvalue weighted by Gasteiger charge is 2.18. The van der Waals surface area contributed by atoms with Gasteiger partial charge in [0.1, 0.15) is 0 Å². The van der Waals surface area contributed by atoms with E-state index in [0.29, 0.717) is 5.16 Å². The number of nitrogens with zero attached hydrogens (tertiary/aromatic N) is 6. The van der Waals surface area contributed by atoms with E-state index in [1.807, 2.05) is 48.5 Å². The molecular weight excluding hydrogens is 386 g/mol. The summed E-state index contributed by atoms with van der Waals surface area (Å²) in [6.07, 6.45) is 0. The zero-order chi connectivity index (χ0) is 20.1. The van der Waals surface area contributed by atoms with Crippen LogP contribution in [0, 0.1) is 0 Å². The molecule has 8 nitrogen and oxygen atoms in total. The number of carbonyl (C=O) groups excluding carboxylic acids is 1. The summed E-state index contributed by atoms with van der Waals surface area (Å²) in [6, 6.07) is 17.6. The molecule has 2 heterocycles. The molecule has 1 N–H and O–H groups in total. The Labute approximate surface area is 173 Å². The van der Waals surface area contributed by atoms with Crippen LogP contribution in [0.2, 0.25) is 0 Å². The molecule has 3 aromatic rings. The lowest BCUT2D eigenvalue weighted by Gasteiger charge is -2.35. The number of likely N-dealkylation sites (N-methyl/N-ethyl adjacent to an activating group) is 1. The molecule has 0 saturated carbocycles. The molecule has 1 aliphatic rings. The van der Waals surface area contributed by atoms with E-state index in [0.717, 1.165) is 43.2 Å². The molecule has 0 spiro atoms. The zero-order valence-electron chi connectivity index (χ0n) is 16.2. The van der Waals surface area contributed by atoms with Crippen LogP contribution >= 0.6 is 11.8 Å². The van der Waals surface area contributed by atoms with Gasteiger partial charge in [0.15, 0.2) is 0 Å². The van der Waals surface area contributed by atoms with Crippen LogP contribution in [0.5, 0.6) is 0 Å². The molecule has 0 radical (unpaired) electrons. The SMILES string of the molecule is CN1CCN(c2ccccc2NC(=O)CSc2nnnn2-c2ccccc2)CC1. The third-order valence-corrected chi connectivity index (χ3v) is 5.72. The second kappa shape index (κ2) is 9.06. The Balaban J connectivity index is 1.40. The highest BCUT2D eigenvalue weighted by atomic mass is 32.2. The Morgan fingerprint density at radius 2 is 1.76 bits per heavy atom. The predicted molar refractivity (Wildman–Crippen MR) is 115 cm³/mol. The lowest BCUT2D eigenvalue weighted by atomic mass is 10.2. The van der Waals surface area contributed by atoms with Gasteiger partial charge in [0.25, 0.3) is 0 Å². The molecule has 0 unspecified atom stereocenters. The van der Waals surface area contributed by atoms with E-state index in [1.54, 1.807) is 4.68 Å². The van der Waals surface area contributed by atoms with Crippen LogP contribution in [0.1, 0.15) is 0 Å². The molecule has 1 aromatic heterocycles. The number of nitrogens with one attached hydrogen (secondary N) is 1. The number of amides is 1. The number of aromatic nitrogens is 4. The highest BCUT2D eigenvalue weighted by molar-refractivity contribution is 7.99. The molecule has 4 rings (SSSR count). The van der Waals surface area contributed by atoms with Gasteiger partial charge in [-0.25, -0.2) is 0 Å². The van der Waals surface area contributed by atoms with E-state index in [2.05, 4.69) is 43.8 Å². The van der Waals surface area contributed by atoms with Crippen LogP contribution in [0.4, 0.5) is 11.4 Å². The van der Waals surface area contributed by atoms with E-state index in [4.69, 9.17) is 0 Å². The zero-order valence-corrected chi connectivity index (χ0v) is 17.0. The van der Waals surface area contributed by atoms with Gasteiger partial charge in [0.2, 0.25) is 11.1 Å². The van der Waals surface area contributed by atoms with E-state index in [9.17, 15) is 4.79 Å². The smallest absolute Gasteiger partial charge is 0.234 e. The second-order valence-electron chi connectivity index (χ2n) is 6.85. The summed E-state index contributed by atoms with van der Waals surface area (Å²) in [5.41, 5.74) is 2.76. The van der Waals surface area contributed by atoms with Gasteiger partial charge in [0.05, 0.1) is 22.8 Å². The molecule has 0 atom stereocenters. The topological polar surface area (TPSA) is 79.2 Å². The van der Waals surface area contributed by atoms with Crippen molar-refractivity contribution in [2.24, 2.45) is 0 Å². The molecular formula is C20H23N7OS. The number of piperazine rings is 1. The number of hydrogen-bond donors (Lipinski definition) is 1. The monoisotopic (exact) mass is 409 g/mol. The third kappa shape index (κ3) is 4.75. The van der Waals surface area contributed by atoms with Gasteiger partial charge in [0, 0.05) is 26.2 Å². The Kier molecular flexibility index (Phi) is 6.06. The third-order valence-electron chi connectivity index (χ3n) is 4.80.